The molecule has 0 bridgehead atoms. The van der Waals surface area contributed by atoms with Gasteiger partial charge in [0.05, 0.1) is 6.42 Å². The SMILES string of the molecule is CC(=O)CC(=O)N1CCC(N2CCCC2)C1. The molecule has 0 aromatic heterocycles. The first-order valence-corrected chi connectivity index (χ1v) is 6.18. The summed E-state index contributed by atoms with van der Waals surface area (Å²) in [5.41, 5.74) is 0. The molecule has 2 fully saturated rings. The summed E-state index contributed by atoms with van der Waals surface area (Å²) in [6.45, 7) is 5.49. The van der Waals surface area contributed by atoms with E-state index in [2.05, 4.69) is 4.90 Å². The summed E-state index contributed by atoms with van der Waals surface area (Å²) in [6.07, 6.45) is 3.73. The third-order valence-electron chi connectivity index (χ3n) is 3.57. The highest BCUT2D eigenvalue weighted by atomic mass is 16.2. The summed E-state index contributed by atoms with van der Waals surface area (Å²) in [7, 11) is 0. The first kappa shape index (κ1) is 11.6. The lowest BCUT2D eigenvalue weighted by Crippen LogP contribution is -2.37. The number of carbonyl (C=O) groups is 2. The summed E-state index contributed by atoms with van der Waals surface area (Å²) >= 11 is 0. The minimum Gasteiger partial charge on any atom is -0.341 e. The topological polar surface area (TPSA) is 40.6 Å². The van der Waals surface area contributed by atoms with Gasteiger partial charge in [-0.2, -0.15) is 0 Å². The first-order valence-electron chi connectivity index (χ1n) is 6.18. The number of ketones is 1. The lowest BCUT2D eigenvalue weighted by atomic mass is 10.2. The Morgan fingerprint density at radius 1 is 1.19 bits per heavy atom. The van der Waals surface area contributed by atoms with Crippen LogP contribution in [0.3, 0.4) is 0 Å². The van der Waals surface area contributed by atoms with Crippen molar-refractivity contribution >= 4 is 11.7 Å². The maximum absolute atomic E-state index is 11.7. The van der Waals surface area contributed by atoms with Crippen LogP contribution < -0.4 is 0 Å². The Bertz CT molecular complexity index is 285. The van der Waals surface area contributed by atoms with Crippen molar-refractivity contribution in [2.75, 3.05) is 26.2 Å². The average molecular weight is 224 g/mol. The molecule has 0 radical (unpaired) electrons. The lowest BCUT2D eigenvalue weighted by Gasteiger charge is -2.23. The molecule has 2 saturated heterocycles. The Morgan fingerprint density at radius 3 is 2.50 bits per heavy atom. The maximum Gasteiger partial charge on any atom is 0.230 e. The largest absolute Gasteiger partial charge is 0.341 e. The molecule has 2 heterocycles. The fourth-order valence-corrected chi connectivity index (χ4v) is 2.70. The van der Waals surface area contributed by atoms with Gasteiger partial charge in [-0.1, -0.05) is 0 Å². The molecule has 1 atom stereocenters. The number of Topliss-reactive ketones (excluding diaryl/α,β-unsaturated/α-hetero) is 1. The Labute approximate surface area is 96.6 Å². The van der Waals surface area contributed by atoms with Gasteiger partial charge in [0, 0.05) is 19.1 Å². The van der Waals surface area contributed by atoms with Gasteiger partial charge >= 0.3 is 0 Å². The van der Waals surface area contributed by atoms with Crippen LogP contribution >= 0.6 is 0 Å². The monoisotopic (exact) mass is 224 g/mol. The van der Waals surface area contributed by atoms with Crippen LogP contribution in [0, 0.1) is 0 Å². The maximum atomic E-state index is 11.7. The first-order chi connectivity index (χ1) is 7.66. The average Bonchev–Trinajstić information content (AvgIpc) is 2.87. The molecule has 0 aromatic carbocycles. The molecule has 2 aliphatic heterocycles. The van der Waals surface area contributed by atoms with Crippen LogP contribution in [0.15, 0.2) is 0 Å². The quantitative estimate of drug-likeness (QED) is 0.661. The van der Waals surface area contributed by atoms with E-state index in [9.17, 15) is 9.59 Å². The van der Waals surface area contributed by atoms with Gasteiger partial charge in [0.15, 0.2) is 0 Å². The molecule has 1 unspecified atom stereocenters. The van der Waals surface area contributed by atoms with Crippen molar-refractivity contribution in [3.8, 4) is 0 Å². The summed E-state index contributed by atoms with van der Waals surface area (Å²) in [5, 5.41) is 0. The normalized spacial score (nSPS) is 26.3. The molecule has 90 valence electrons. The molecule has 0 saturated carbocycles. The number of hydrogen-bond donors (Lipinski definition) is 0. The molecule has 2 rings (SSSR count). The van der Waals surface area contributed by atoms with Crippen molar-refractivity contribution < 1.29 is 9.59 Å². The molecule has 0 spiro atoms. The smallest absolute Gasteiger partial charge is 0.230 e. The van der Waals surface area contributed by atoms with Crippen molar-refractivity contribution in [3.05, 3.63) is 0 Å². The van der Waals surface area contributed by atoms with Gasteiger partial charge in [0.1, 0.15) is 5.78 Å². The van der Waals surface area contributed by atoms with Gasteiger partial charge in [-0.25, -0.2) is 0 Å². The van der Waals surface area contributed by atoms with Crippen LogP contribution in [0.2, 0.25) is 0 Å². The van der Waals surface area contributed by atoms with Gasteiger partial charge in [-0.05, 0) is 39.3 Å². The van der Waals surface area contributed by atoms with Gasteiger partial charge in [0.25, 0.3) is 0 Å². The van der Waals surface area contributed by atoms with E-state index in [1.807, 2.05) is 4.90 Å². The van der Waals surface area contributed by atoms with E-state index >= 15 is 0 Å². The fourth-order valence-electron chi connectivity index (χ4n) is 2.70. The van der Waals surface area contributed by atoms with Crippen LogP contribution in [-0.2, 0) is 9.59 Å². The van der Waals surface area contributed by atoms with Crippen molar-refractivity contribution in [3.63, 3.8) is 0 Å². The Morgan fingerprint density at radius 2 is 1.88 bits per heavy atom. The fraction of sp³-hybridized carbons (Fsp3) is 0.833. The number of likely N-dealkylation sites (tertiary alicyclic amines) is 2. The van der Waals surface area contributed by atoms with E-state index in [0.717, 1.165) is 19.5 Å². The van der Waals surface area contributed by atoms with Crippen molar-refractivity contribution in [2.24, 2.45) is 0 Å². The third kappa shape index (κ3) is 2.61. The zero-order valence-corrected chi connectivity index (χ0v) is 9.95. The Hall–Kier alpha value is -0.900. The standard InChI is InChI=1S/C12H20N2O2/c1-10(15)8-12(16)14-7-4-11(9-14)13-5-2-3-6-13/h11H,2-9H2,1H3. The Kier molecular flexibility index (Phi) is 3.59. The number of amides is 1. The van der Waals surface area contributed by atoms with Crippen LogP contribution in [0.1, 0.15) is 32.6 Å². The molecule has 2 aliphatic rings. The predicted molar refractivity (Wildman–Crippen MR) is 61.1 cm³/mol. The summed E-state index contributed by atoms with van der Waals surface area (Å²) in [4.78, 5) is 26.9. The second-order valence-corrected chi connectivity index (χ2v) is 4.90. The van der Waals surface area contributed by atoms with Crippen molar-refractivity contribution in [1.29, 1.82) is 0 Å². The molecule has 0 N–H and O–H groups in total. The second kappa shape index (κ2) is 4.95. The van der Waals surface area contributed by atoms with E-state index in [4.69, 9.17) is 0 Å². The highest BCUT2D eigenvalue weighted by molar-refractivity contribution is 5.96. The van der Waals surface area contributed by atoms with E-state index in [1.165, 1.54) is 32.9 Å². The van der Waals surface area contributed by atoms with E-state index in [-0.39, 0.29) is 18.1 Å². The lowest BCUT2D eigenvalue weighted by molar-refractivity contribution is -0.134. The predicted octanol–water partition coefficient (Wildman–Crippen LogP) is 0.662. The third-order valence-corrected chi connectivity index (χ3v) is 3.57. The molecule has 0 aromatic rings. The zero-order valence-electron chi connectivity index (χ0n) is 9.95. The molecular weight excluding hydrogens is 204 g/mol. The number of carbonyl (C=O) groups excluding carboxylic acids is 2. The van der Waals surface area contributed by atoms with Crippen LogP contribution in [-0.4, -0.2) is 53.7 Å². The zero-order chi connectivity index (χ0) is 11.5. The van der Waals surface area contributed by atoms with Crippen LogP contribution in [0.4, 0.5) is 0 Å². The number of hydrogen-bond acceptors (Lipinski definition) is 3. The Balaban J connectivity index is 1.82. The van der Waals surface area contributed by atoms with E-state index in [1.54, 1.807) is 0 Å². The number of rotatable bonds is 3. The van der Waals surface area contributed by atoms with Gasteiger partial charge in [0.2, 0.25) is 5.91 Å². The summed E-state index contributed by atoms with van der Waals surface area (Å²) in [5.74, 6) is -0.0242. The van der Waals surface area contributed by atoms with E-state index in [0.29, 0.717) is 6.04 Å². The van der Waals surface area contributed by atoms with Gasteiger partial charge in [-0.15, -0.1) is 0 Å². The minimum absolute atomic E-state index is 0.00852. The number of nitrogens with zero attached hydrogens (tertiary/aromatic N) is 2. The highest BCUT2D eigenvalue weighted by Gasteiger charge is 2.31. The second-order valence-electron chi connectivity index (χ2n) is 4.90. The van der Waals surface area contributed by atoms with Gasteiger partial charge < -0.3 is 4.90 Å². The van der Waals surface area contributed by atoms with Crippen molar-refractivity contribution in [1.82, 2.24) is 9.80 Å². The molecule has 0 aliphatic carbocycles. The van der Waals surface area contributed by atoms with Gasteiger partial charge in [-0.3, -0.25) is 14.5 Å². The summed E-state index contributed by atoms with van der Waals surface area (Å²) < 4.78 is 0. The van der Waals surface area contributed by atoms with E-state index < -0.39 is 0 Å². The molecule has 4 nitrogen and oxygen atoms in total. The van der Waals surface area contributed by atoms with Crippen molar-refractivity contribution in [2.45, 2.75) is 38.6 Å². The highest BCUT2D eigenvalue weighted by Crippen LogP contribution is 2.20. The summed E-state index contributed by atoms with van der Waals surface area (Å²) in [6, 6.07) is 0.540. The minimum atomic E-state index is -0.0328. The molecule has 4 heteroatoms. The molecule has 1 amide bonds. The van der Waals surface area contributed by atoms with Crippen LogP contribution in [0.25, 0.3) is 0 Å². The molecule has 16 heavy (non-hydrogen) atoms. The van der Waals surface area contributed by atoms with Crippen LogP contribution in [0.5, 0.6) is 0 Å². The molecular formula is C12H20N2O2.